The number of nitrogens with zero attached hydrogens (tertiary/aromatic N) is 4. The summed E-state index contributed by atoms with van der Waals surface area (Å²) in [5, 5.41) is 3.05. The smallest absolute Gasteiger partial charge is 0.258 e. The number of aromatic nitrogens is 2. The molecular weight excluding hydrogens is 499 g/mol. The van der Waals surface area contributed by atoms with Crippen LogP contribution in [0.15, 0.2) is 24.3 Å². The van der Waals surface area contributed by atoms with Crippen LogP contribution >= 0.6 is 11.9 Å². The number of nitrogens with one attached hydrogen (secondary N) is 2. The zero-order chi connectivity index (χ0) is 26.5. The number of benzene rings is 1. The van der Waals surface area contributed by atoms with Crippen LogP contribution < -0.4 is 19.8 Å². The summed E-state index contributed by atoms with van der Waals surface area (Å²) in [5.41, 5.74) is 2.87. The van der Waals surface area contributed by atoms with Crippen molar-refractivity contribution in [1.82, 2.24) is 9.97 Å². The number of carbonyl (C=O) groups is 1. The highest BCUT2D eigenvalue weighted by atomic mass is 32.2. The van der Waals surface area contributed by atoms with Crippen molar-refractivity contribution < 1.29 is 9.18 Å². The SMILES string of the molecule is Cc1cc(NC(=O)c2ccc(NSC3(C)CC3)cc2N2CCC3(CC2)CC3)nc(N2CCC(C)(F)CC2)n1. The lowest BCUT2D eigenvalue weighted by molar-refractivity contribution is 0.102. The largest absolute Gasteiger partial charge is 0.371 e. The highest BCUT2D eigenvalue weighted by Gasteiger charge is 2.45. The van der Waals surface area contributed by atoms with Crippen molar-refractivity contribution in [2.45, 2.75) is 82.6 Å². The van der Waals surface area contributed by atoms with Gasteiger partial charge in [0.15, 0.2) is 0 Å². The molecule has 0 radical (unpaired) electrons. The molecule has 9 heteroatoms. The number of aryl methyl sites for hydroxylation is 1. The van der Waals surface area contributed by atoms with Gasteiger partial charge >= 0.3 is 0 Å². The number of hydrogen-bond donors (Lipinski definition) is 2. The minimum atomic E-state index is -1.14. The molecule has 0 bridgehead atoms. The Morgan fingerprint density at radius 3 is 2.26 bits per heavy atom. The van der Waals surface area contributed by atoms with Gasteiger partial charge in [-0.1, -0.05) is 0 Å². The van der Waals surface area contributed by atoms with E-state index >= 15 is 0 Å². The number of carbonyl (C=O) groups excluding carboxylic acids is 1. The molecular formula is C29H39FN6OS. The molecule has 38 heavy (non-hydrogen) atoms. The highest BCUT2D eigenvalue weighted by molar-refractivity contribution is 8.02. The lowest BCUT2D eigenvalue weighted by Gasteiger charge is -2.35. The molecule has 2 aliphatic heterocycles. The van der Waals surface area contributed by atoms with E-state index in [1.54, 1.807) is 24.9 Å². The molecule has 1 spiro atoms. The first-order valence-corrected chi connectivity index (χ1v) is 14.9. The van der Waals surface area contributed by atoms with Gasteiger partial charge in [0.05, 0.1) is 11.3 Å². The van der Waals surface area contributed by atoms with Gasteiger partial charge in [0.25, 0.3) is 5.91 Å². The molecule has 0 atom stereocenters. The monoisotopic (exact) mass is 538 g/mol. The molecule has 2 saturated heterocycles. The maximum Gasteiger partial charge on any atom is 0.258 e. The number of rotatable bonds is 7. The molecule has 2 saturated carbocycles. The number of halogens is 1. The van der Waals surface area contributed by atoms with Crippen molar-refractivity contribution in [3.63, 3.8) is 0 Å². The van der Waals surface area contributed by atoms with Crippen molar-refractivity contribution in [1.29, 1.82) is 0 Å². The lowest BCUT2D eigenvalue weighted by atomic mass is 9.93. The number of hydrogen-bond acceptors (Lipinski definition) is 7. The molecule has 3 heterocycles. The Morgan fingerprint density at radius 2 is 1.61 bits per heavy atom. The Bertz CT molecular complexity index is 1210. The third-order valence-electron chi connectivity index (χ3n) is 8.91. The molecule has 0 unspecified atom stereocenters. The van der Waals surface area contributed by atoms with Crippen LogP contribution in [0, 0.1) is 12.3 Å². The van der Waals surface area contributed by atoms with Crippen molar-refractivity contribution in [2.24, 2.45) is 5.41 Å². The molecule has 7 nitrogen and oxygen atoms in total. The van der Waals surface area contributed by atoms with Gasteiger partial charge in [0.1, 0.15) is 11.5 Å². The first kappa shape index (κ1) is 25.7. The molecule has 204 valence electrons. The second-order valence-corrected chi connectivity index (χ2v) is 13.8. The normalized spacial score (nSPS) is 22.7. The van der Waals surface area contributed by atoms with Gasteiger partial charge in [-0.25, -0.2) is 9.37 Å². The maximum atomic E-state index is 14.3. The molecule has 4 fully saturated rings. The second-order valence-electron chi connectivity index (χ2n) is 12.4. The fourth-order valence-corrected chi connectivity index (χ4v) is 6.32. The summed E-state index contributed by atoms with van der Waals surface area (Å²) < 4.78 is 18.2. The van der Waals surface area contributed by atoms with Gasteiger partial charge in [0, 0.05) is 48.4 Å². The summed E-state index contributed by atoms with van der Waals surface area (Å²) in [6.45, 7) is 8.93. The third-order valence-corrected chi connectivity index (χ3v) is 10.1. The van der Waals surface area contributed by atoms with Crippen LogP contribution in [0.3, 0.4) is 0 Å². The van der Waals surface area contributed by atoms with Gasteiger partial charge in [-0.2, -0.15) is 4.98 Å². The van der Waals surface area contributed by atoms with Crippen LogP contribution in [0.2, 0.25) is 0 Å². The van der Waals surface area contributed by atoms with Gasteiger partial charge in [-0.15, -0.1) is 0 Å². The Labute approximate surface area is 229 Å². The van der Waals surface area contributed by atoms with Crippen molar-refractivity contribution in [3.8, 4) is 0 Å². The highest BCUT2D eigenvalue weighted by Crippen LogP contribution is 2.54. The van der Waals surface area contributed by atoms with E-state index in [2.05, 4.69) is 37.9 Å². The first-order valence-electron chi connectivity index (χ1n) is 14.1. The summed E-state index contributed by atoms with van der Waals surface area (Å²) in [6, 6.07) is 7.87. The summed E-state index contributed by atoms with van der Waals surface area (Å²) in [5.74, 6) is 0.859. The number of amides is 1. The van der Waals surface area contributed by atoms with Gasteiger partial charge < -0.3 is 19.8 Å². The Kier molecular flexibility index (Phi) is 6.48. The Morgan fingerprint density at radius 1 is 0.921 bits per heavy atom. The van der Waals surface area contributed by atoms with Crippen LogP contribution in [0.1, 0.15) is 81.3 Å². The molecule has 6 rings (SSSR count). The van der Waals surface area contributed by atoms with E-state index in [0.717, 1.165) is 30.2 Å². The summed E-state index contributed by atoms with van der Waals surface area (Å²) in [7, 11) is 0. The standard InChI is InChI=1S/C29H39FN6OS/c1-20-18-24(33-26(31-20)36-14-10-27(2,30)11-15-36)32-25(37)22-5-4-21(34-38-28(3)6-7-28)19-23(22)35-16-12-29(8-9-29)13-17-35/h4-5,18-19,34H,6-17H2,1-3H3,(H,31,32,33,37). The quantitative estimate of drug-likeness (QED) is 0.398. The molecule has 1 aromatic heterocycles. The maximum absolute atomic E-state index is 14.3. The van der Waals surface area contributed by atoms with Crippen LogP contribution in [-0.2, 0) is 0 Å². The van der Waals surface area contributed by atoms with Crippen molar-refractivity contribution in [2.75, 3.05) is 46.0 Å². The zero-order valence-corrected chi connectivity index (χ0v) is 23.6. The first-order chi connectivity index (χ1) is 18.1. The molecule has 1 aromatic carbocycles. The average molecular weight is 539 g/mol. The minimum Gasteiger partial charge on any atom is -0.371 e. The van der Waals surface area contributed by atoms with E-state index in [1.807, 2.05) is 24.0 Å². The zero-order valence-electron chi connectivity index (χ0n) is 22.8. The summed E-state index contributed by atoms with van der Waals surface area (Å²) >= 11 is 1.78. The predicted octanol–water partition coefficient (Wildman–Crippen LogP) is 6.36. The van der Waals surface area contributed by atoms with Gasteiger partial charge in [-0.3, -0.25) is 4.79 Å². The van der Waals surface area contributed by atoms with E-state index < -0.39 is 5.67 Å². The van der Waals surface area contributed by atoms with E-state index in [0.29, 0.717) is 53.4 Å². The Balaban J connectivity index is 1.22. The lowest BCUT2D eigenvalue weighted by Crippen LogP contribution is -2.41. The molecule has 4 aliphatic rings. The molecule has 2 aliphatic carbocycles. The summed E-state index contributed by atoms with van der Waals surface area (Å²) in [4.78, 5) is 27.3. The fourth-order valence-electron chi connectivity index (χ4n) is 5.52. The number of alkyl halides is 1. The van der Waals surface area contributed by atoms with Crippen molar-refractivity contribution >= 4 is 41.0 Å². The second kappa shape index (κ2) is 9.57. The van der Waals surface area contributed by atoms with E-state index in [9.17, 15) is 9.18 Å². The minimum absolute atomic E-state index is 0.168. The average Bonchev–Trinajstić information content (AvgIpc) is 3.81. The van der Waals surface area contributed by atoms with Gasteiger partial charge in [-0.05, 0) is 108 Å². The third kappa shape index (κ3) is 5.72. The molecule has 2 N–H and O–H groups in total. The van der Waals surface area contributed by atoms with E-state index in [-0.39, 0.29) is 5.91 Å². The Hall–Kier alpha value is -2.55. The molecule has 1 amide bonds. The predicted molar refractivity (Wildman–Crippen MR) is 154 cm³/mol. The van der Waals surface area contributed by atoms with Crippen LogP contribution in [0.4, 0.5) is 27.5 Å². The fraction of sp³-hybridized carbons (Fsp3) is 0.621. The van der Waals surface area contributed by atoms with Gasteiger partial charge in [0.2, 0.25) is 5.95 Å². The number of anilines is 4. The van der Waals surface area contributed by atoms with E-state index in [1.165, 1.54) is 38.5 Å². The van der Waals surface area contributed by atoms with Crippen molar-refractivity contribution in [3.05, 3.63) is 35.5 Å². The summed E-state index contributed by atoms with van der Waals surface area (Å²) in [6.07, 6.45) is 8.45. The number of piperidine rings is 2. The van der Waals surface area contributed by atoms with Crippen LogP contribution in [0.25, 0.3) is 0 Å². The van der Waals surface area contributed by atoms with E-state index in [4.69, 9.17) is 0 Å². The molecule has 2 aromatic rings. The topological polar surface area (TPSA) is 73.4 Å². The van der Waals surface area contributed by atoms with Crippen LogP contribution in [-0.4, -0.2) is 52.5 Å². The van der Waals surface area contributed by atoms with Crippen LogP contribution in [0.5, 0.6) is 0 Å².